The monoisotopic (exact) mass is 404 g/mol. The van der Waals surface area contributed by atoms with E-state index >= 15 is 0 Å². The van der Waals surface area contributed by atoms with Gasteiger partial charge in [-0.05, 0) is 55.0 Å². The van der Waals surface area contributed by atoms with Crippen molar-refractivity contribution in [1.82, 2.24) is 9.55 Å². The zero-order chi connectivity index (χ0) is 21.1. The van der Waals surface area contributed by atoms with Crippen LogP contribution in [0.5, 0.6) is 5.75 Å². The van der Waals surface area contributed by atoms with E-state index in [-0.39, 0.29) is 11.3 Å². The van der Waals surface area contributed by atoms with Crippen LogP contribution in [0.25, 0.3) is 28.7 Å². The molecule has 0 bridgehead atoms. The molecule has 0 aliphatic heterocycles. The van der Waals surface area contributed by atoms with Crippen molar-refractivity contribution in [3.8, 4) is 11.4 Å². The van der Waals surface area contributed by atoms with Gasteiger partial charge in [-0.15, -0.1) is 0 Å². The van der Waals surface area contributed by atoms with Gasteiger partial charge < -0.3 is 4.74 Å². The molecule has 0 unspecified atom stereocenters. The Morgan fingerprint density at radius 3 is 2.33 bits per heavy atom. The van der Waals surface area contributed by atoms with Gasteiger partial charge in [-0.3, -0.25) is 9.36 Å². The van der Waals surface area contributed by atoms with Crippen LogP contribution in [0.2, 0.25) is 0 Å². The number of aromatic nitrogens is 2. The lowest BCUT2D eigenvalue weighted by Crippen LogP contribution is -2.22. The highest BCUT2D eigenvalue weighted by Crippen LogP contribution is 2.18. The molecule has 0 N–H and O–H groups in total. The van der Waals surface area contributed by atoms with Gasteiger partial charge in [0.25, 0.3) is 5.56 Å². The summed E-state index contributed by atoms with van der Waals surface area (Å²) in [5.41, 5.74) is 3.00. The minimum absolute atomic E-state index is 0.0857. The number of hydrogen-bond donors (Lipinski definition) is 0. The van der Waals surface area contributed by atoms with E-state index in [1.165, 1.54) is 12.1 Å². The van der Waals surface area contributed by atoms with Gasteiger partial charge in [-0.2, -0.15) is 8.78 Å². The molecule has 1 aromatic heterocycles. The first-order valence-electron chi connectivity index (χ1n) is 9.33. The largest absolute Gasteiger partial charge is 0.435 e. The average molecular weight is 404 g/mol. The number of para-hydroxylation sites is 1. The molecule has 0 radical (unpaired) electrons. The van der Waals surface area contributed by atoms with Crippen LogP contribution >= 0.6 is 0 Å². The number of nitrogens with zero attached hydrogens (tertiary/aromatic N) is 2. The standard InChI is InChI=1S/C24H18F2N2O2/c1-16-6-11-18(12-7-16)28-22(27-21-5-3-2-4-20(21)23(28)29)15-10-17-8-13-19(14-9-17)30-24(25)26/h2-15,24H,1H3. The van der Waals surface area contributed by atoms with E-state index < -0.39 is 6.61 Å². The van der Waals surface area contributed by atoms with Crippen molar-refractivity contribution < 1.29 is 13.5 Å². The summed E-state index contributed by atoms with van der Waals surface area (Å²) in [6.07, 6.45) is 3.50. The molecule has 4 rings (SSSR count). The van der Waals surface area contributed by atoms with Crippen LogP contribution in [0, 0.1) is 6.92 Å². The summed E-state index contributed by atoms with van der Waals surface area (Å²) in [6, 6.07) is 21.1. The zero-order valence-electron chi connectivity index (χ0n) is 16.1. The van der Waals surface area contributed by atoms with Crippen molar-refractivity contribution in [3.63, 3.8) is 0 Å². The highest BCUT2D eigenvalue weighted by atomic mass is 19.3. The molecule has 6 heteroatoms. The maximum Gasteiger partial charge on any atom is 0.387 e. The van der Waals surface area contributed by atoms with Gasteiger partial charge in [-0.1, -0.05) is 48.0 Å². The topological polar surface area (TPSA) is 44.1 Å². The van der Waals surface area contributed by atoms with Crippen LogP contribution in [0.1, 0.15) is 17.0 Å². The number of alkyl halides is 2. The number of fused-ring (bicyclic) bond motifs is 1. The molecular weight excluding hydrogens is 386 g/mol. The highest BCUT2D eigenvalue weighted by Gasteiger charge is 2.11. The predicted octanol–water partition coefficient (Wildman–Crippen LogP) is 5.47. The van der Waals surface area contributed by atoms with Gasteiger partial charge in [0.2, 0.25) is 0 Å². The van der Waals surface area contributed by atoms with Crippen molar-refractivity contribution >= 4 is 23.1 Å². The Kier molecular flexibility index (Phi) is 5.39. The zero-order valence-corrected chi connectivity index (χ0v) is 16.1. The normalized spacial score (nSPS) is 11.5. The molecule has 4 aromatic rings. The molecule has 0 saturated carbocycles. The Morgan fingerprint density at radius 1 is 0.933 bits per heavy atom. The molecule has 0 aliphatic rings. The predicted molar refractivity (Wildman–Crippen MR) is 114 cm³/mol. The van der Waals surface area contributed by atoms with Gasteiger partial charge in [0.1, 0.15) is 11.6 Å². The van der Waals surface area contributed by atoms with Gasteiger partial charge in [0.05, 0.1) is 16.6 Å². The Hall–Kier alpha value is -3.80. The molecule has 0 aliphatic carbocycles. The van der Waals surface area contributed by atoms with E-state index in [1.54, 1.807) is 41.0 Å². The summed E-state index contributed by atoms with van der Waals surface area (Å²) >= 11 is 0. The van der Waals surface area contributed by atoms with Crippen molar-refractivity contribution in [2.24, 2.45) is 0 Å². The van der Waals surface area contributed by atoms with Crippen LogP contribution in [-0.2, 0) is 0 Å². The van der Waals surface area contributed by atoms with Gasteiger partial charge in [0.15, 0.2) is 0 Å². The third-order valence-corrected chi connectivity index (χ3v) is 4.62. The summed E-state index contributed by atoms with van der Waals surface area (Å²) in [7, 11) is 0. The summed E-state index contributed by atoms with van der Waals surface area (Å²) in [5, 5.41) is 0.531. The highest BCUT2D eigenvalue weighted by molar-refractivity contribution is 5.80. The smallest absolute Gasteiger partial charge is 0.387 e. The molecule has 0 amide bonds. The van der Waals surface area contributed by atoms with Crippen molar-refractivity contribution in [2.45, 2.75) is 13.5 Å². The van der Waals surface area contributed by atoms with E-state index in [0.717, 1.165) is 11.1 Å². The fourth-order valence-corrected chi connectivity index (χ4v) is 3.14. The second-order valence-corrected chi connectivity index (χ2v) is 6.74. The molecule has 0 spiro atoms. The van der Waals surface area contributed by atoms with Gasteiger partial charge in [-0.25, -0.2) is 4.98 Å². The maximum absolute atomic E-state index is 13.2. The molecule has 4 nitrogen and oxygen atoms in total. The van der Waals surface area contributed by atoms with Crippen LogP contribution in [0.4, 0.5) is 8.78 Å². The van der Waals surface area contributed by atoms with Crippen LogP contribution < -0.4 is 10.3 Å². The van der Waals surface area contributed by atoms with E-state index in [9.17, 15) is 13.6 Å². The van der Waals surface area contributed by atoms with Gasteiger partial charge in [0, 0.05) is 0 Å². The molecule has 0 saturated heterocycles. The number of benzene rings is 3. The SMILES string of the molecule is Cc1ccc(-n2c(C=Cc3ccc(OC(F)F)cc3)nc3ccccc3c2=O)cc1. The maximum atomic E-state index is 13.2. The summed E-state index contributed by atoms with van der Waals surface area (Å²) in [6.45, 7) is -0.884. The minimum atomic E-state index is -2.86. The summed E-state index contributed by atoms with van der Waals surface area (Å²) in [4.78, 5) is 17.9. The second kappa shape index (κ2) is 8.29. The molecule has 0 atom stereocenters. The Balaban J connectivity index is 1.79. The quantitative estimate of drug-likeness (QED) is 0.443. The van der Waals surface area contributed by atoms with Crippen molar-refractivity contribution in [1.29, 1.82) is 0 Å². The molecule has 30 heavy (non-hydrogen) atoms. The first-order valence-corrected chi connectivity index (χ1v) is 9.33. The third kappa shape index (κ3) is 4.12. The van der Waals surface area contributed by atoms with E-state index in [4.69, 9.17) is 0 Å². The number of hydrogen-bond acceptors (Lipinski definition) is 3. The molecule has 150 valence electrons. The van der Waals surface area contributed by atoms with Gasteiger partial charge >= 0.3 is 6.61 Å². The van der Waals surface area contributed by atoms with Crippen LogP contribution in [0.3, 0.4) is 0 Å². The van der Waals surface area contributed by atoms with Crippen molar-refractivity contribution in [2.75, 3.05) is 0 Å². The van der Waals surface area contributed by atoms with E-state index in [2.05, 4.69) is 9.72 Å². The second-order valence-electron chi connectivity index (χ2n) is 6.74. The van der Waals surface area contributed by atoms with Crippen LogP contribution in [0.15, 0.2) is 77.6 Å². The van der Waals surface area contributed by atoms with Crippen LogP contribution in [-0.4, -0.2) is 16.2 Å². The molecule has 0 fully saturated rings. The Morgan fingerprint density at radius 2 is 1.63 bits per heavy atom. The minimum Gasteiger partial charge on any atom is -0.435 e. The fourth-order valence-electron chi connectivity index (χ4n) is 3.14. The third-order valence-electron chi connectivity index (χ3n) is 4.62. The lowest BCUT2D eigenvalue weighted by molar-refractivity contribution is -0.0498. The number of aryl methyl sites for hydroxylation is 1. The van der Waals surface area contributed by atoms with E-state index in [0.29, 0.717) is 22.4 Å². The Labute approximate surface area is 171 Å². The fraction of sp³-hybridized carbons (Fsp3) is 0.0833. The Bertz CT molecular complexity index is 1260. The summed E-state index contributed by atoms with van der Waals surface area (Å²) < 4.78 is 30.5. The molecular formula is C24H18F2N2O2. The number of ether oxygens (including phenoxy) is 1. The molecule has 3 aromatic carbocycles. The first kappa shape index (κ1) is 19.5. The lowest BCUT2D eigenvalue weighted by Gasteiger charge is -2.11. The van der Waals surface area contributed by atoms with E-state index in [1.807, 2.05) is 43.3 Å². The first-order chi connectivity index (χ1) is 14.5. The number of halogens is 2. The lowest BCUT2D eigenvalue weighted by atomic mass is 10.2. The molecule has 1 heterocycles. The average Bonchev–Trinajstić information content (AvgIpc) is 2.74. The summed E-state index contributed by atoms with van der Waals surface area (Å²) in [5.74, 6) is 0.554. The number of rotatable bonds is 5. The van der Waals surface area contributed by atoms with Crippen molar-refractivity contribution in [3.05, 3.63) is 100 Å².